The van der Waals surface area contributed by atoms with E-state index in [1.54, 1.807) is 68.1 Å². The Balaban J connectivity index is 5.83. The largest absolute Gasteiger partial charge is 0.480 e. The second-order valence-electron chi connectivity index (χ2n) is 16.7. The molecule has 8 amide bonds. The molecule has 0 bridgehead atoms. The lowest BCUT2D eigenvalue weighted by Gasteiger charge is -2.34. The highest BCUT2D eigenvalue weighted by Crippen LogP contribution is 2.25. The molecule has 0 aromatic heterocycles. The van der Waals surface area contributed by atoms with E-state index in [-0.39, 0.29) is 29.6 Å². The number of carbonyl (C=O) groups is 10. The van der Waals surface area contributed by atoms with Gasteiger partial charge in [-0.1, -0.05) is 21.6 Å². The lowest BCUT2D eigenvalue weighted by Crippen LogP contribution is -2.58. The number of hydrogen-bond acceptors (Lipinski definition) is 18. The second-order valence-corrected chi connectivity index (χ2v) is 21.1. The molecule has 0 radical (unpaired) electrons. The third-order valence-corrected chi connectivity index (χ3v) is 12.6. The number of carbonyl (C=O) groups excluding carboxylic acids is 8. The molecule has 0 aliphatic heterocycles. The van der Waals surface area contributed by atoms with Crippen molar-refractivity contribution in [1.82, 2.24) is 51.9 Å². The number of likely N-dealkylation sites (N-methyl/N-ethyl adjacent to an activating group) is 5. The molecule has 0 spiro atoms. The maximum Gasteiger partial charge on any atom is 0.408 e. The molecular formula is C39H70N10O14S4. The third kappa shape index (κ3) is 25.0. The lowest BCUT2D eigenvalue weighted by atomic mass is 10.2. The number of alkyl carbamates (subject to hydrolysis) is 2. The van der Waals surface area contributed by atoms with E-state index in [0.717, 1.165) is 4.90 Å². The summed E-state index contributed by atoms with van der Waals surface area (Å²) in [5, 5.41) is 35.6. The minimum Gasteiger partial charge on any atom is -0.480 e. The number of nitrogens with zero attached hydrogens (tertiary/aromatic N) is 3. The van der Waals surface area contributed by atoms with Gasteiger partial charge in [-0.3, -0.25) is 38.4 Å². The van der Waals surface area contributed by atoms with Crippen molar-refractivity contribution >= 4 is 105 Å². The molecule has 0 saturated heterocycles. The van der Waals surface area contributed by atoms with Crippen LogP contribution in [-0.2, 0) is 47.8 Å². The minimum atomic E-state index is -1.42. The average Bonchev–Trinajstić information content (AvgIpc) is 3.22. The van der Waals surface area contributed by atoms with Crippen LogP contribution >= 0.6 is 45.1 Å². The zero-order valence-electron chi connectivity index (χ0n) is 40.4. The van der Waals surface area contributed by atoms with E-state index in [1.807, 2.05) is 0 Å². The predicted octanol–water partition coefficient (Wildman–Crippen LogP) is -1.31. The summed E-state index contributed by atoms with van der Waals surface area (Å²) in [6.45, 7) is 7.34. The van der Waals surface area contributed by atoms with Crippen molar-refractivity contribution in [3.63, 3.8) is 0 Å². The van der Waals surface area contributed by atoms with E-state index in [9.17, 15) is 47.9 Å². The Hall–Kier alpha value is -4.38. The maximum atomic E-state index is 13.9. The van der Waals surface area contributed by atoms with Crippen molar-refractivity contribution in [2.45, 2.75) is 89.0 Å². The van der Waals surface area contributed by atoms with E-state index in [1.165, 1.54) is 76.1 Å². The number of amides is 8. The number of aliphatic carboxylic acids is 2. The molecule has 0 rings (SSSR count). The standard InChI is InChI=1S/C39H70N10O14S4/c1-38(2,3)62-36(60)45-22(30(54)43-15-28(50)51)14-42-32(56)26(20-64-12)48(10)33(57)24(40-7)18-66-67-19-25(41-8)34(58)49(11)27(21-65-13)35(59)47(9)17-23(31(55)44-16-29(52)53)46-37(61)63-39(4,5)6/h22-27,40-41H,14-21H2,1-13H3,(H,42,56)(H,43,54)(H,44,55)(H,45,60)(H,46,61)(H,50,51)(H,52,53)/t22-,23-,24+,25+,26+,27+/m1/s1. The third-order valence-electron chi connectivity index (χ3n) is 8.87. The fourth-order valence-corrected chi connectivity index (χ4v) is 9.28. The normalized spacial score (nSPS) is 14.0. The SMILES string of the molecule is CN[C@@H](CSSC[C@H](NC)C(=O)N(C)[C@@H](CSC)C(=O)N(C)C[C@@H](NC(=O)OC(C)(C)C)C(=O)NCC(=O)O)C(=O)N(C)[C@@H](CSC)C(=O)NC[C@@H](NC(=O)OC(C)(C)C)C(=O)NCC(=O)O. The van der Waals surface area contributed by atoms with Gasteiger partial charge in [-0.2, -0.15) is 23.5 Å². The highest BCUT2D eigenvalue weighted by atomic mass is 33.1. The fourth-order valence-electron chi connectivity index (χ4n) is 5.43. The first-order chi connectivity index (χ1) is 31.0. The summed E-state index contributed by atoms with van der Waals surface area (Å²) >= 11 is 2.58. The molecule has 0 aromatic carbocycles. The zero-order chi connectivity index (χ0) is 51.8. The predicted molar refractivity (Wildman–Crippen MR) is 259 cm³/mol. The van der Waals surface area contributed by atoms with Crippen LogP contribution in [0.1, 0.15) is 41.5 Å². The molecule has 0 heterocycles. The van der Waals surface area contributed by atoms with Gasteiger partial charge in [0.15, 0.2) is 0 Å². The van der Waals surface area contributed by atoms with E-state index in [2.05, 4.69) is 37.2 Å². The molecule has 24 nitrogen and oxygen atoms in total. The Morgan fingerprint density at radius 1 is 0.537 bits per heavy atom. The van der Waals surface area contributed by atoms with Crippen LogP contribution in [0.5, 0.6) is 0 Å². The molecule has 0 aliphatic rings. The summed E-state index contributed by atoms with van der Waals surface area (Å²) < 4.78 is 10.5. The zero-order valence-corrected chi connectivity index (χ0v) is 43.7. The van der Waals surface area contributed by atoms with Gasteiger partial charge in [0.2, 0.25) is 35.4 Å². The smallest absolute Gasteiger partial charge is 0.408 e. The van der Waals surface area contributed by atoms with Crippen molar-refractivity contribution < 1.29 is 67.6 Å². The average molecular weight is 1030 g/mol. The van der Waals surface area contributed by atoms with Crippen LogP contribution in [0.4, 0.5) is 9.59 Å². The Bertz CT molecular complexity index is 1700. The number of ether oxygens (including phenoxy) is 2. The van der Waals surface area contributed by atoms with Crippen LogP contribution in [0.25, 0.3) is 0 Å². The topological polar surface area (TPSA) is 324 Å². The van der Waals surface area contributed by atoms with Crippen molar-refractivity contribution in [1.29, 1.82) is 0 Å². The monoisotopic (exact) mass is 1030 g/mol. The molecule has 9 N–H and O–H groups in total. The second kappa shape index (κ2) is 30.9. The van der Waals surface area contributed by atoms with Gasteiger partial charge in [-0.05, 0) is 68.1 Å². The van der Waals surface area contributed by atoms with E-state index in [0.29, 0.717) is 0 Å². The quantitative estimate of drug-likeness (QED) is 0.0310. The van der Waals surface area contributed by atoms with Gasteiger partial charge >= 0.3 is 24.1 Å². The van der Waals surface area contributed by atoms with Crippen LogP contribution in [0.2, 0.25) is 0 Å². The summed E-state index contributed by atoms with van der Waals surface area (Å²) in [5.74, 6) is -5.79. The molecule has 0 unspecified atom stereocenters. The lowest BCUT2D eigenvalue weighted by molar-refractivity contribution is -0.144. The van der Waals surface area contributed by atoms with Crippen molar-refractivity contribution in [2.75, 3.05) is 96.9 Å². The van der Waals surface area contributed by atoms with Gasteiger partial charge in [0.1, 0.15) is 48.5 Å². The molecule has 0 saturated carbocycles. The summed E-state index contributed by atoms with van der Waals surface area (Å²) in [4.78, 5) is 132. The molecule has 0 fully saturated rings. The summed E-state index contributed by atoms with van der Waals surface area (Å²) in [6.07, 6.45) is 1.53. The summed E-state index contributed by atoms with van der Waals surface area (Å²) in [7, 11) is 9.99. The molecule has 0 aliphatic carbocycles. The first-order valence-electron chi connectivity index (χ1n) is 20.6. The number of hydrogen-bond donors (Lipinski definition) is 9. The highest BCUT2D eigenvalue weighted by Gasteiger charge is 2.36. The molecule has 6 atom stereocenters. The molecular weight excluding hydrogens is 961 g/mol. The van der Waals surface area contributed by atoms with Crippen LogP contribution in [0.3, 0.4) is 0 Å². The van der Waals surface area contributed by atoms with Crippen molar-refractivity contribution in [2.24, 2.45) is 0 Å². The summed E-state index contributed by atoms with van der Waals surface area (Å²) in [6, 6.07) is -6.46. The first-order valence-corrected chi connectivity index (χ1v) is 25.9. The molecule has 0 aromatic rings. The van der Waals surface area contributed by atoms with Crippen LogP contribution < -0.4 is 37.2 Å². The number of carboxylic acids is 2. The van der Waals surface area contributed by atoms with Gasteiger partial charge in [-0.25, -0.2) is 9.59 Å². The first kappa shape index (κ1) is 62.6. The molecule has 67 heavy (non-hydrogen) atoms. The van der Waals surface area contributed by atoms with Gasteiger partial charge in [0.25, 0.3) is 0 Å². The number of nitrogens with one attached hydrogen (secondary N) is 7. The minimum absolute atomic E-state index is 0.156. The van der Waals surface area contributed by atoms with Crippen LogP contribution in [-0.4, -0.2) is 229 Å². The number of carboxylic acid groups (broad SMARTS) is 2. The van der Waals surface area contributed by atoms with E-state index < -0.39 is 127 Å². The van der Waals surface area contributed by atoms with Crippen LogP contribution in [0.15, 0.2) is 0 Å². The van der Waals surface area contributed by atoms with Gasteiger partial charge < -0.3 is 71.6 Å². The summed E-state index contributed by atoms with van der Waals surface area (Å²) in [5.41, 5.74) is -1.84. The number of thioether (sulfide) groups is 2. The van der Waals surface area contributed by atoms with Crippen LogP contribution in [0, 0.1) is 0 Å². The molecule has 28 heteroatoms. The Morgan fingerprint density at radius 3 is 1.31 bits per heavy atom. The Labute approximate surface area is 408 Å². The Kier molecular flexibility index (Phi) is 28.9. The van der Waals surface area contributed by atoms with Crippen molar-refractivity contribution in [3.05, 3.63) is 0 Å². The fraction of sp³-hybridized carbons (Fsp3) is 0.744. The molecule has 384 valence electrons. The van der Waals surface area contributed by atoms with Gasteiger partial charge in [-0.15, -0.1) is 0 Å². The highest BCUT2D eigenvalue weighted by molar-refractivity contribution is 8.76. The van der Waals surface area contributed by atoms with Gasteiger partial charge in [0.05, 0.1) is 12.1 Å². The maximum absolute atomic E-state index is 13.9. The van der Waals surface area contributed by atoms with Gasteiger partial charge in [0, 0.05) is 57.2 Å². The van der Waals surface area contributed by atoms with Crippen molar-refractivity contribution in [3.8, 4) is 0 Å². The van der Waals surface area contributed by atoms with E-state index >= 15 is 0 Å². The van der Waals surface area contributed by atoms with E-state index in [4.69, 9.17) is 19.7 Å². The number of rotatable bonds is 29. The Morgan fingerprint density at radius 2 is 0.925 bits per heavy atom.